The molecule has 2 unspecified atom stereocenters. The molecule has 1 heterocycles. The molecule has 0 radical (unpaired) electrons. The van der Waals surface area contributed by atoms with Crippen LogP contribution in [0, 0.1) is 0 Å². The van der Waals surface area contributed by atoms with Gasteiger partial charge in [0.05, 0.1) is 25.8 Å². The number of ether oxygens (including phenoxy) is 3. The van der Waals surface area contributed by atoms with Crippen molar-refractivity contribution in [3.05, 3.63) is 89.0 Å². The number of hydrogen-bond donors (Lipinski definition) is 1. The molecule has 0 bridgehead atoms. The van der Waals surface area contributed by atoms with Crippen LogP contribution in [-0.4, -0.2) is 42.8 Å². The van der Waals surface area contributed by atoms with Crippen LogP contribution in [0.4, 0.5) is 13.2 Å². The van der Waals surface area contributed by atoms with E-state index in [1.165, 1.54) is 32.4 Å². The predicted molar refractivity (Wildman–Crippen MR) is 131 cm³/mol. The van der Waals surface area contributed by atoms with E-state index in [0.717, 1.165) is 11.6 Å². The Morgan fingerprint density at radius 2 is 1.65 bits per heavy atom. The maximum absolute atomic E-state index is 14.1. The van der Waals surface area contributed by atoms with E-state index in [0.29, 0.717) is 30.7 Å². The van der Waals surface area contributed by atoms with Crippen LogP contribution in [0.15, 0.2) is 66.7 Å². The first-order valence-electron chi connectivity index (χ1n) is 11.8. The summed E-state index contributed by atoms with van der Waals surface area (Å²) >= 11 is 0. The standard InChI is InChI=1S/C28H28F3NO5/c1-35-23-15-19(16-24(36-2)26(23)37-17-18-9-4-3-5-10-18)25(32-14-8-13-22(32)27(33)34)20-11-6-7-12-21(20)28(29,30)31/h3-7,9-12,15-16,22,25H,8,13-14,17H2,1-2H3,(H,33,34). The highest BCUT2D eigenvalue weighted by molar-refractivity contribution is 5.74. The van der Waals surface area contributed by atoms with Crippen LogP contribution in [0.3, 0.4) is 0 Å². The van der Waals surface area contributed by atoms with Crippen molar-refractivity contribution >= 4 is 5.97 Å². The average Bonchev–Trinajstić information content (AvgIpc) is 3.37. The first-order chi connectivity index (χ1) is 17.7. The van der Waals surface area contributed by atoms with Gasteiger partial charge < -0.3 is 19.3 Å². The lowest BCUT2D eigenvalue weighted by Gasteiger charge is -2.34. The van der Waals surface area contributed by atoms with Crippen molar-refractivity contribution < 1.29 is 37.3 Å². The zero-order chi connectivity index (χ0) is 26.6. The van der Waals surface area contributed by atoms with Crippen molar-refractivity contribution in [2.24, 2.45) is 0 Å². The van der Waals surface area contributed by atoms with Gasteiger partial charge in [-0.15, -0.1) is 0 Å². The molecule has 1 fully saturated rings. The van der Waals surface area contributed by atoms with Crippen molar-refractivity contribution in [1.29, 1.82) is 0 Å². The molecular weight excluding hydrogens is 487 g/mol. The molecule has 0 spiro atoms. The molecule has 0 aromatic heterocycles. The highest BCUT2D eigenvalue weighted by Gasteiger charge is 2.42. The van der Waals surface area contributed by atoms with E-state index in [2.05, 4.69) is 0 Å². The van der Waals surface area contributed by atoms with E-state index in [-0.39, 0.29) is 23.7 Å². The summed E-state index contributed by atoms with van der Waals surface area (Å²) in [7, 11) is 2.87. The zero-order valence-corrected chi connectivity index (χ0v) is 20.5. The molecule has 2 atom stereocenters. The molecule has 1 saturated heterocycles. The number of likely N-dealkylation sites (tertiary alicyclic amines) is 1. The summed E-state index contributed by atoms with van der Waals surface area (Å²) in [5, 5.41) is 9.85. The van der Waals surface area contributed by atoms with Gasteiger partial charge in [-0.25, -0.2) is 0 Å². The number of benzene rings is 3. The van der Waals surface area contributed by atoms with Crippen molar-refractivity contribution in [2.75, 3.05) is 20.8 Å². The SMILES string of the molecule is COc1cc(C(c2ccccc2C(F)(F)F)N2CCCC2C(=O)O)cc(OC)c1OCc1ccccc1. The molecule has 196 valence electrons. The normalized spacial score (nSPS) is 16.8. The predicted octanol–water partition coefficient (Wildman–Crippen LogP) is 5.94. The molecule has 6 nitrogen and oxygen atoms in total. The lowest BCUT2D eigenvalue weighted by atomic mass is 9.91. The number of nitrogens with zero attached hydrogens (tertiary/aromatic N) is 1. The second-order valence-electron chi connectivity index (χ2n) is 8.75. The van der Waals surface area contributed by atoms with Gasteiger partial charge in [0.25, 0.3) is 0 Å². The third-order valence-corrected chi connectivity index (χ3v) is 6.50. The molecule has 1 aliphatic rings. The molecule has 1 N–H and O–H groups in total. The Morgan fingerprint density at radius 1 is 1.03 bits per heavy atom. The van der Waals surface area contributed by atoms with E-state index in [1.807, 2.05) is 30.3 Å². The molecule has 0 amide bonds. The van der Waals surface area contributed by atoms with E-state index in [9.17, 15) is 23.1 Å². The minimum absolute atomic E-state index is 0.0368. The number of carboxylic acid groups (broad SMARTS) is 1. The summed E-state index contributed by atoms with van der Waals surface area (Å²) in [6, 6.07) is 16.0. The van der Waals surface area contributed by atoms with Crippen LogP contribution in [0.2, 0.25) is 0 Å². The smallest absolute Gasteiger partial charge is 0.416 e. The zero-order valence-electron chi connectivity index (χ0n) is 20.5. The van der Waals surface area contributed by atoms with E-state index in [1.54, 1.807) is 17.0 Å². The highest BCUT2D eigenvalue weighted by atomic mass is 19.4. The molecular formula is C28H28F3NO5. The minimum atomic E-state index is -4.62. The van der Waals surface area contributed by atoms with Gasteiger partial charge in [-0.2, -0.15) is 13.2 Å². The first-order valence-corrected chi connectivity index (χ1v) is 11.8. The number of rotatable bonds is 9. The van der Waals surface area contributed by atoms with Gasteiger partial charge in [0, 0.05) is 6.54 Å². The van der Waals surface area contributed by atoms with Crippen molar-refractivity contribution in [1.82, 2.24) is 4.90 Å². The van der Waals surface area contributed by atoms with Gasteiger partial charge in [0.2, 0.25) is 5.75 Å². The number of halogens is 3. The van der Waals surface area contributed by atoms with Gasteiger partial charge >= 0.3 is 12.1 Å². The van der Waals surface area contributed by atoms with Crippen molar-refractivity contribution in [3.63, 3.8) is 0 Å². The van der Waals surface area contributed by atoms with Crippen LogP contribution < -0.4 is 14.2 Å². The summed E-state index contributed by atoms with van der Waals surface area (Å²) in [5.74, 6) is -0.234. The van der Waals surface area contributed by atoms with Crippen LogP contribution in [-0.2, 0) is 17.6 Å². The van der Waals surface area contributed by atoms with Crippen molar-refractivity contribution in [3.8, 4) is 17.2 Å². The topological polar surface area (TPSA) is 68.2 Å². The third-order valence-electron chi connectivity index (χ3n) is 6.50. The fourth-order valence-corrected chi connectivity index (χ4v) is 4.84. The van der Waals surface area contributed by atoms with Crippen molar-refractivity contribution in [2.45, 2.75) is 37.7 Å². The van der Waals surface area contributed by atoms with E-state index < -0.39 is 29.8 Å². The largest absolute Gasteiger partial charge is 0.493 e. The Balaban J connectivity index is 1.84. The van der Waals surface area contributed by atoms with E-state index >= 15 is 0 Å². The van der Waals surface area contributed by atoms with Gasteiger partial charge in [0.15, 0.2) is 11.5 Å². The van der Waals surface area contributed by atoms with Gasteiger partial charge in [0.1, 0.15) is 12.6 Å². The Hall–Kier alpha value is -3.72. The number of carbonyl (C=O) groups is 1. The van der Waals surface area contributed by atoms with Crippen LogP contribution >= 0.6 is 0 Å². The Morgan fingerprint density at radius 3 is 2.24 bits per heavy atom. The molecule has 4 rings (SSSR count). The highest BCUT2D eigenvalue weighted by Crippen LogP contribution is 2.46. The van der Waals surface area contributed by atoms with Crippen LogP contribution in [0.1, 0.15) is 41.1 Å². The monoisotopic (exact) mass is 515 g/mol. The summed E-state index contributed by atoms with van der Waals surface area (Å²) < 4.78 is 59.4. The summed E-state index contributed by atoms with van der Waals surface area (Å²) in [6.07, 6.45) is -3.74. The third kappa shape index (κ3) is 5.67. The lowest BCUT2D eigenvalue weighted by molar-refractivity contribution is -0.143. The number of alkyl halides is 3. The van der Waals surface area contributed by atoms with Crippen LogP contribution in [0.25, 0.3) is 0 Å². The number of carboxylic acids is 1. The molecule has 3 aromatic rings. The van der Waals surface area contributed by atoms with E-state index in [4.69, 9.17) is 14.2 Å². The van der Waals surface area contributed by atoms with Gasteiger partial charge in [-0.3, -0.25) is 9.69 Å². The fourth-order valence-electron chi connectivity index (χ4n) is 4.84. The quantitative estimate of drug-likeness (QED) is 0.381. The molecule has 0 saturated carbocycles. The fraction of sp³-hybridized carbons (Fsp3) is 0.321. The molecule has 0 aliphatic carbocycles. The molecule has 9 heteroatoms. The number of aliphatic carboxylic acids is 1. The minimum Gasteiger partial charge on any atom is -0.493 e. The maximum atomic E-state index is 14.1. The summed E-state index contributed by atoms with van der Waals surface area (Å²) in [4.78, 5) is 13.7. The second kappa shape index (κ2) is 11.1. The maximum Gasteiger partial charge on any atom is 0.416 e. The Bertz CT molecular complexity index is 1210. The number of methoxy groups -OCH3 is 2. The molecule has 37 heavy (non-hydrogen) atoms. The van der Waals surface area contributed by atoms with Crippen LogP contribution in [0.5, 0.6) is 17.2 Å². The second-order valence-corrected chi connectivity index (χ2v) is 8.75. The molecule has 1 aliphatic heterocycles. The lowest BCUT2D eigenvalue weighted by Crippen LogP contribution is -2.40. The summed E-state index contributed by atoms with van der Waals surface area (Å²) in [5.41, 5.74) is 0.461. The number of hydrogen-bond acceptors (Lipinski definition) is 5. The average molecular weight is 516 g/mol. The summed E-state index contributed by atoms with van der Waals surface area (Å²) in [6.45, 7) is 0.547. The molecule has 3 aromatic carbocycles. The first kappa shape index (κ1) is 26.3. The Labute approximate surface area is 213 Å². The Kier molecular flexibility index (Phi) is 7.92. The van der Waals surface area contributed by atoms with Gasteiger partial charge in [-0.05, 0) is 47.7 Å². The van der Waals surface area contributed by atoms with Gasteiger partial charge in [-0.1, -0.05) is 48.5 Å².